The Balaban J connectivity index is 1.48. The van der Waals surface area contributed by atoms with Gasteiger partial charge in [0, 0.05) is 6.54 Å². The van der Waals surface area contributed by atoms with Crippen LogP contribution < -0.4 is 0 Å². The van der Waals surface area contributed by atoms with Gasteiger partial charge >= 0.3 is 0 Å². The van der Waals surface area contributed by atoms with Gasteiger partial charge in [-0.05, 0) is 72.2 Å². The summed E-state index contributed by atoms with van der Waals surface area (Å²) in [5.74, 6) is 0.400. The smallest absolute Gasteiger partial charge is 0.264 e. The Bertz CT molecular complexity index is 1200. The second kappa shape index (κ2) is 7.12. The molecular formula is C23H19FN2O2S. The molecule has 1 amide bonds. The van der Waals surface area contributed by atoms with E-state index in [4.69, 9.17) is 9.40 Å². The maximum absolute atomic E-state index is 13.6. The Morgan fingerprint density at radius 1 is 1.21 bits per heavy atom. The van der Waals surface area contributed by atoms with Gasteiger partial charge in [-0.2, -0.15) is 0 Å². The first-order chi connectivity index (χ1) is 14.1. The molecule has 1 aliphatic rings. The van der Waals surface area contributed by atoms with E-state index in [1.54, 1.807) is 13.0 Å². The Morgan fingerprint density at radius 3 is 2.83 bits per heavy atom. The molecule has 0 aliphatic carbocycles. The van der Waals surface area contributed by atoms with Crippen LogP contribution in [0.3, 0.4) is 0 Å². The van der Waals surface area contributed by atoms with Gasteiger partial charge in [-0.1, -0.05) is 18.2 Å². The molecule has 2 aromatic carbocycles. The Kier molecular flexibility index (Phi) is 4.43. The number of fused-ring (bicyclic) bond motifs is 1. The summed E-state index contributed by atoms with van der Waals surface area (Å²) < 4.78 is 19.6. The molecule has 3 heterocycles. The molecule has 0 unspecified atom stereocenters. The minimum Gasteiger partial charge on any atom is -0.438 e. The predicted molar refractivity (Wildman–Crippen MR) is 111 cm³/mol. The highest BCUT2D eigenvalue weighted by atomic mass is 32.1. The van der Waals surface area contributed by atoms with E-state index < -0.39 is 0 Å². The van der Waals surface area contributed by atoms with Crippen molar-refractivity contribution in [2.75, 3.05) is 6.54 Å². The standard InChI is InChI=1S/C23H19FN2O2S/c1-14-12-15(6-8-17(14)24)16-7-9-20-18(13-16)25-22(28-20)19-4-2-10-26(19)23(27)21-5-3-11-29-21/h3,5-9,11-13,19H,2,4,10H2,1H3/t19-/m0/s1. The second-order valence-electron chi connectivity index (χ2n) is 7.33. The quantitative estimate of drug-likeness (QED) is 0.420. The molecule has 1 aliphatic heterocycles. The topological polar surface area (TPSA) is 46.3 Å². The maximum atomic E-state index is 13.6. The zero-order valence-corrected chi connectivity index (χ0v) is 16.7. The third-order valence-electron chi connectivity index (χ3n) is 5.43. The van der Waals surface area contributed by atoms with Crippen molar-refractivity contribution >= 4 is 28.3 Å². The van der Waals surface area contributed by atoms with Crippen LogP contribution in [0, 0.1) is 12.7 Å². The van der Waals surface area contributed by atoms with E-state index in [-0.39, 0.29) is 17.8 Å². The van der Waals surface area contributed by atoms with E-state index in [0.717, 1.165) is 34.4 Å². The van der Waals surface area contributed by atoms with Crippen LogP contribution in [0.15, 0.2) is 58.3 Å². The van der Waals surface area contributed by atoms with E-state index >= 15 is 0 Å². The van der Waals surface area contributed by atoms with E-state index in [1.807, 2.05) is 46.7 Å². The first kappa shape index (κ1) is 18.1. The van der Waals surface area contributed by atoms with Gasteiger partial charge in [0.2, 0.25) is 5.89 Å². The molecule has 0 saturated carbocycles. The van der Waals surface area contributed by atoms with Gasteiger partial charge in [-0.25, -0.2) is 9.37 Å². The molecule has 1 fully saturated rings. The number of aryl methyl sites for hydroxylation is 1. The van der Waals surface area contributed by atoms with Crippen LogP contribution in [-0.4, -0.2) is 22.3 Å². The van der Waals surface area contributed by atoms with Crippen LogP contribution in [0.2, 0.25) is 0 Å². The number of carbonyl (C=O) groups is 1. The summed E-state index contributed by atoms with van der Waals surface area (Å²) in [5, 5.41) is 1.91. The van der Waals surface area contributed by atoms with Crippen molar-refractivity contribution in [1.82, 2.24) is 9.88 Å². The summed E-state index contributed by atoms with van der Waals surface area (Å²) in [6.45, 7) is 2.46. The third-order valence-corrected chi connectivity index (χ3v) is 6.28. The highest BCUT2D eigenvalue weighted by Gasteiger charge is 2.34. The molecule has 0 bridgehead atoms. The monoisotopic (exact) mass is 406 g/mol. The Labute approximate surface area is 171 Å². The highest BCUT2D eigenvalue weighted by molar-refractivity contribution is 7.12. The van der Waals surface area contributed by atoms with E-state index in [1.165, 1.54) is 17.4 Å². The summed E-state index contributed by atoms with van der Waals surface area (Å²) in [4.78, 5) is 20.1. The Morgan fingerprint density at radius 2 is 2.03 bits per heavy atom. The summed E-state index contributed by atoms with van der Waals surface area (Å²) in [5.41, 5.74) is 3.94. The van der Waals surface area contributed by atoms with Crippen molar-refractivity contribution in [2.45, 2.75) is 25.8 Å². The van der Waals surface area contributed by atoms with Crippen LogP contribution in [0.4, 0.5) is 4.39 Å². The molecule has 29 heavy (non-hydrogen) atoms. The van der Waals surface area contributed by atoms with Crippen LogP contribution in [0.1, 0.15) is 40.0 Å². The number of hydrogen-bond acceptors (Lipinski definition) is 4. The van der Waals surface area contributed by atoms with Gasteiger partial charge in [-0.15, -0.1) is 11.3 Å². The lowest BCUT2D eigenvalue weighted by molar-refractivity contribution is 0.0722. The number of nitrogens with zero attached hydrogens (tertiary/aromatic N) is 2. The van der Waals surface area contributed by atoms with Gasteiger partial charge in [0.15, 0.2) is 5.58 Å². The fourth-order valence-electron chi connectivity index (χ4n) is 3.90. The number of hydrogen-bond donors (Lipinski definition) is 0. The molecule has 5 rings (SSSR count). The van der Waals surface area contributed by atoms with Gasteiger partial charge in [0.1, 0.15) is 17.4 Å². The first-order valence-corrected chi connectivity index (χ1v) is 10.5. The lowest BCUT2D eigenvalue weighted by Gasteiger charge is -2.21. The molecule has 1 saturated heterocycles. The van der Waals surface area contributed by atoms with Gasteiger partial charge in [-0.3, -0.25) is 4.79 Å². The number of carbonyl (C=O) groups excluding carboxylic acids is 1. The van der Waals surface area contributed by atoms with Crippen molar-refractivity contribution < 1.29 is 13.6 Å². The summed E-state index contributed by atoms with van der Waals surface area (Å²) in [6.07, 6.45) is 1.77. The van der Waals surface area contributed by atoms with Crippen LogP contribution in [0.25, 0.3) is 22.2 Å². The van der Waals surface area contributed by atoms with Crippen LogP contribution >= 0.6 is 11.3 Å². The van der Waals surface area contributed by atoms with Crippen LogP contribution in [-0.2, 0) is 0 Å². The van der Waals surface area contributed by atoms with Crippen LogP contribution in [0.5, 0.6) is 0 Å². The number of oxazole rings is 1. The second-order valence-corrected chi connectivity index (χ2v) is 8.28. The van der Waals surface area contributed by atoms with E-state index in [2.05, 4.69) is 0 Å². The van der Waals surface area contributed by atoms with Gasteiger partial charge in [0.05, 0.1) is 4.88 Å². The molecule has 146 valence electrons. The van der Waals surface area contributed by atoms with Crippen molar-refractivity contribution in [1.29, 1.82) is 0 Å². The number of rotatable bonds is 3. The molecule has 6 heteroatoms. The maximum Gasteiger partial charge on any atom is 0.264 e. The third kappa shape index (κ3) is 3.23. The number of benzene rings is 2. The molecule has 0 N–H and O–H groups in total. The lowest BCUT2D eigenvalue weighted by atomic mass is 10.0. The SMILES string of the molecule is Cc1cc(-c2ccc3oc([C@@H]4CCCN4C(=O)c4cccs4)nc3c2)ccc1F. The average molecular weight is 406 g/mol. The highest BCUT2D eigenvalue weighted by Crippen LogP contribution is 2.35. The fourth-order valence-corrected chi connectivity index (χ4v) is 4.58. The number of aromatic nitrogens is 1. The number of likely N-dealkylation sites (tertiary alicyclic amines) is 1. The fraction of sp³-hybridized carbons (Fsp3) is 0.217. The summed E-state index contributed by atoms with van der Waals surface area (Å²) in [7, 11) is 0. The average Bonchev–Trinajstić information content (AvgIpc) is 3.48. The molecule has 0 spiro atoms. The number of halogens is 1. The molecule has 1 atom stereocenters. The van der Waals surface area contributed by atoms with Crippen molar-refractivity contribution in [3.05, 3.63) is 76.1 Å². The normalized spacial score (nSPS) is 16.6. The minimum atomic E-state index is -0.213. The number of thiophene rings is 1. The molecule has 2 aromatic heterocycles. The van der Waals surface area contributed by atoms with Crippen molar-refractivity contribution in [3.8, 4) is 11.1 Å². The van der Waals surface area contributed by atoms with Crippen molar-refractivity contribution in [2.24, 2.45) is 0 Å². The van der Waals surface area contributed by atoms with Gasteiger partial charge in [0.25, 0.3) is 5.91 Å². The predicted octanol–water partition coefficient (Wildman–Crippen LogP) is 5.98. The Hall–Kier alpha value is -2.99. The van der Waals surface area contributed by atoms with Gasteiger partial charge < -0.3 is 9.32 Å². The largest absolute Gasteiger partial charge is 0.438 e. The zero-order chi connectivity index (χ0) is 20.0. The molecule has 4 aromatic rings. The minimum absolute atomic E-state index is 0.0345. The summed E-state index contributed by atoms with van der Waals surface area (Å²) in [6, 6.07) is 14.5. The molecule has 0 radical (unpaired) electrons. The molecule has 4 nitrogen and oxygen atoms in total. The lowest BCUT2D eigenvalue weighted by Crippen LogP contribution is -2.30. The van der Waals surface area contributed by atoms with E-state index in [0.29, 0.717) is 23.6 Å². The number of amides is 1. The van der Waals surface area contributed by atoms with E-state index in [9.17, 15) is 9.18 Å². The molecular weight excluding hydrogens is 387 g/mol. The zero-order valence-electron chi connectivity index (χ0n) is 15.9. The summed E-state index contributed by atoms with van der Waals surface area (Å²) >= 11 is 1.45. The first-order valence-electron chi connectivity index (χ1n) is 9.61. The van der Waals surface area contributed by atoms with Crippen molar-refractivity contribution in [3.63, 3.8) is 0 Å².